The molecule has 0 aliphatic heterocycles. The number of halogens is 1. The van der Waals surface area contributed by atoms with Crippen LogP contribution in [0, 0.1) is 12.3 Å². The summed E-state index contributed by atoms with van der Waals surface area (Å²) >= 11 is 6.19. The Kier molecular flexibility index (Phi) is 4.67. The van der Waals surface area contributed by atoms with Gasteiger partial charge in [-0.15, -0.1) is 0 Å². The summed E-state index contributed by atoms with van der Waals surface area (Å²) in [5.41, 5.74) is 1.37. The summed E-state index contributed by atoms with van der Waals surface area (Å²) in [6, 6.07) is 0. The van der Waals surface area contributed by atoms with Crippen LogP contribution in [-0.2, 0) is 6.42 Å². The molecule has 1 aliphatic carbocycles. The summed E-state index contributed by atoms with van der Waals surface area (Å²) in [6.07, 6.45) is 7.23. The summed E-state index contributed by atoms with van der Waals surface area (Å²) in [6.45, 7) is 7.45. The van der Waals surface area contributed by atoms with Crippen molar-refractivity contribution in [3.05, 3.63) is 16.5 Å². The van der Waals surface area contributed by atoms with Crippen molar-refractivity contribution in [2.45, 2.75) is 59.3 Å². The molecule has 1 N–H and O–H groups in total. The fourth-order valence-electron chi connectivity index (χ4n) is 2.74. The minimum absolute atomic E-state index is 0.411. The van der Waals surface area contributed by atoms with E-state index in [4.69, 9.17) is 11.6 Å². The number of aromatic nitrogens is 2. The molecule has 0 atom stereocenters. The van der Waals surface area contributed by atoms with Crippen LogP contribution in [0.5, 0.6) is 0 Å². The summed E-state index contributed by atoms with van der Waals surface area (Å²) in [5.74, 6) is 1.76. The molecule has 0 bridgehead atoms. The Morgan fingerprint density at radius 2 is 1.95 bits per heavy atom. The highest BCUT2D eigenvalue weighted by Gasteiger charge is 2.28. The zero-order valence-electron chi connectivity index (χ0n) is 12.2. The van der Waals surface area contributed by atoms with Gasteiger partial charge in [0.15, 0.2) is 0 Å². The molecule has 106 valence electrons. The molecule has 0 unspecified atom stereocenters. The lowest BCUT2D eigenvalue weighted by molar-refractivity contribution is 0.361. The summed E-state index contributed by atoms with van der Waals surface area (Å²) in [5, 5.41) is 4.08. The van der Waals surface area contributed by atoms with Crippen LogP contribution in [-0.4, -0.2) is 16.5 Å². The van der Waals surface area contributed by atoms with E-state index in [2.05, 4.69) is 29.1 Å². The minimum atomic E-state index is 0.411. The minimum Gasteiger partial charge on any atom is -0.369 e. The van der Waals surface area contributed by atoms with Crippen molar-refractivity contribution in [3.63, 3.8) is 0 Å². The number of rotatable bonds is 5. The van der Waals surface area contributed by atoms with Crippen molar-refractivity contribution in [1.82, 2.24) is 9.97 Å². The largest absolute Gasteiger partial charge is 0.369 e. The first-order valence-electron chi connectivity index (χ1n) is 7.31. The number of nitrogens with zero attached hydrogens (tertiary/aromatic N) is 2. The number of hydrogen-bond donors (Lipinski definition) is 1. The maximum atomic E-state index is 6.19. The highest BCUT2D eigenvalue weighted by Crippen LogP contribution is 2.37. The van der Waals surface area contributed by atoms with Crippen molar-refractivity contribution < 1.29 is 0 Å². The number of nitrogens with one attached hydrogen (secondary N) is 1. The molecule has 1 aliphatic rings. The van der Waals surface area contributed by atoms with Gasteiger partial charge in [0.1, 0.15) is 16.8 Å². The lowest BCUT2D eigenvalue weighted by Gasteiger charge is -2.24. The molecule has 3 nitrogen and oxygen atoms in total. The third-order valence-electron chi connectivity index (χ3n) is 4.10. The summed E-state index contributed by atoms with van der Waals surface area (Å²) in [7, 11) is 0. The van der Waals surface area contributed by atoms with Gasteiger partial charge in [-0.05, 0) is 31.6 Å². The van der Waals surface area contributed by atoms with E-state index in [1.165, 1.54) is 25.7 Å². The Hall–Kier alpha value is -0.830. The van der Waals surface area contributed by atoms with Crippen molar-refractivity contribution in [2.24, 2.45) is 5.41 Å². The van der Waals surface area contributed by atoms with Crippen LogP contribution < -0.4 is 5.32 Å². The van der Waals surface area contributed by atoms with Crippen LogP contribution in [0.3, 0.4) is 0 Å². The molecule has 19 heavy (non-hydrogen) atoms. The van der Waals surface area contributed by atoms with Gasteiger partial charge in [0.2, 0.25) is 0 Å². The number of hydrogen-bond acceptors (Lipinski definition) is 3. The molecule has 0 amide bonds. The Bertz CT molecular complexity index is 439. The third-order valence-corrected chi connectivity index (χ3v) is 4.47. The molecule has 0 saturated heterocycles. The van der Waals surface area contributed by atoms with E-state index >= 15 is 0 Å². The van der Waals surface area contributed by atoms with Gasteiger partial charge in [-0.2, -0.15) is 0 Å². The van der Waals surface area contributed by atoms with Gasteiger partial charge in [0.05, 0.1) is 0 Å². The third kappa shape index (κ3) is 3.59. The van der Waals surface area contributed by atoms with Crippen molar-refractivity contribution >= 4 is 17.4 Å². The highest BCUT2D eigenvalue weighted by molar-refractivity contribution is 6.30. The fourth-order valence-corrected chi connectivity index (χ4v) is 2.93. The Morgan fingerprint density at radius 3 is 2.58 bits per heavy atom. The second-order valence-corrected chi connectivity index (χ2v) is 6.38. The quantitative estimate of drug-likeness (QED) is 0.814. The predicted molar refractivity (Wildman–Crippen MR) is 80.8 cm³/mol. The summed E-state index contributed by atoms with van der Waals surface area (Å²) in [4.78, 5) is 8.94. The van der Waals surface area contributed by atoms with E-state index in [1.807, 2.05) is 6.92 Å². The fraction of sp³-hybridized carbons (Fsp3) is 0.733. The van der Waals surface area contributed by atoms with Crippen LogP contribution in [0.4, 0.5) is 5.82 Å². The Labute approximate surface area is 121 Å². The van der Waals surface area contributed by atoms with Gasteiger partial charge in [-0.25, -0.2) is 9.97 Å². The predicted octanol–water partition coefficient (Wildman–Crippen LogP) is 4.38. The zero-order chi connectivity index (χ0) is 13.9. The van der Waals surface area contributed by atoms with Gasteiger partial charge in [0.25, 0.3) is 0 Å². The SMILES string of the molecule is CCCc1nc(Cl)c(C)c(NCC2(C)CCCC2)n1. The van der Waals surface area contributed by atoms with Gasteiger partial charge in [0, 0.05) is 18.5 Å². The van der Waals surface area contributed by atoms with Crippen LogP contribution in [0.25, 0.3) is 0 Å². The lowest BCUT2D eigenvalue weighted by Crippen LogP contribution is -2.24. The van der Waals surface area contributed by atoms with E-state index < -0.39 is 0 Å². The van der Waals surface area contributed by atoms with Crippen LogP contribution in [0.15, 0.2) is 0 Å². The Morgan fingerprint density at radius 1 is 1.26 bits per heavy atom. The second kappa shape index (κ2) is 6.08. The molecule has 1 aromatic rings. The van der Waals surface area contributed by atoms with E-state index in [1.54, 1.807) is 0 Å². The smallest absolute Gasteiger partial charge is 0.137 e. The molecule has 1 fully saturated rings. The van der Waals surface area contributed by atoms with Crippen LogP contribution in [0.2, 0.25) is 5.15 Å². The maximum absolute atomic E-state index is 6.19. The molecular weight excluding hydrogens is 258 g/mol. The van der Waals surface area contributed by atoms with Gasteiger partial charge < -0.3 is 5.32 Å². The summed E-state index contributed by atoms with van der Waals surface area (Å²) < 4.78 is 0. The second-order valence-electron chi connectivity index (χ2n) is 6.03. The molecular formula is C15H24ClN3. The first-order valence-corrected chi connectivity index (χ1v) is 7.69. The molecule has 1 saturated carbocycles. The molecule has 0 spiro atoms. The topological polar surface area (TPSA) is 37.8 Å². The van der Waals surface area contributed by atoms with Crippen molar-refractivity contribution in [3.8, 4) is 0 Å². The number of anilines is 1. The van der Waals surface area contributed by atoms with Crippen molar-refractivity contribution in [1.29, 1.82) is 0 Å². The molecule has 0 aromatic carbocycles. The van der Waals surface area contributed by atoms with Gasteiger partial charge in [-0.1, -0.05) is 38.3 Å². The normalized spacial score (nSPS) is 17.7. The average molecular weight is 282 g/mol. The maximum Gasteiger partial charge on any atom is 0.137 e. The van der Waals surface area contributed by atoms with Crippen LogP contribution >= 0.6 is 11.6 Å². The monoisotopic (exact) mass is 281 g/mol. The molecule has 1 heterocycles. The zero-order valence-corrected chi connectivity index (χ0v) is 13.0. The first-order chi connectivity index (χ1) is 9.04. The molecule has 4 heteroatoms. The number of aryl methyl sites for hydroxylation is 1. The Balaban J connectivity index is 2.10. The van der Waals surface area contributed by atoms with Crippen molar-refractivity contribution in [2.75, 3.05) is 11.9 Å². The highest BCUT2D eigenvalue weighted by atomic mass is 35.5. The molecule has 0 radical (unpaired) electrons. The average Bonchev–Trinajstić information content (AvgIpc) is 2.80. The van der Waals surface area contributed by atoms with Crippen LogP contribution in [0.1, 0.15) is 57.3 Å². The van der Waals surface area contributed by atoms with Gasteiger partial charge in [-0.3, -0.25) is 0 Å². The lowest BCUT2D eigenvalue weighted by atomic mass is 9.89. The van der Waals surface area contributed by atoms with E-state index in [9.17, 15) is 0 Å². The molecule has 1 aromatic heterocycles. The van der Waals surface area contributed by atoms with Gasteiger partial charge >= 0.3 is 0 Å². The first kappa shape index (κ1) is 14.6. The standard InChI is InChI=1S/C15H24ClN3/c1-4-7-12-18-13(16)11(2)14(19-12)17-10-15(3)8-5-6-9-15/h4-10H2,1-3H3,(H,17,18,19). The van der Waals surface area contributed by atoms with E-state index in [0.717, 1.165) is 36.6 Å². The van der Waals surface area contributed by atoms with E-state index in [0.29, 0.717) is 10.6 Å². The van der Waals surface area contributed by atoms with E-state index in [-0.39, 0.29) is 0 Å². The molecule has 2 rings (SSSR count).